The van der Waals surface area contributed by atoms with Crippen LogP contribution in [-0.4, -0.2) is 23.6 Å². The molecule has 0 unspecified atom stereocenters. The van der Waals surface area contributed by atoms with Gasteiger partial charge in [-0.15, -0.1) is 0 Å². The largest absolute Gasteiger partial charge is 0.352 e. The minimum Gasteiger partial charge on any atom is -0.352 e. The van der Waals surface area contributed by atoms with Gasteiger partial charge in [-0.3, -0.25) is 0 Å². The fraction of sp³-hybridized carbons (Fsp3) is 0.583. The highest BCUT2D eigenvalue weighted by atomic mass is 79.9. The Morgan fingerprint density at radius 1 is 1.56 bits per heavy atom. The fourth-order valence-electron chi connectivity index (χ4n) is 2.27. The summed E-state index contributed by atoms with van der Waals surface area (Å²) in [5.74, 6) is 1.03. The van der Waals surface area contributed by atoms with E-state index >= 15 is 0 Å². The van der Waals surface area contributed by atoms with Gasteiger partial charge in [0.25, 0.3) is 0 Å². The second kappa shape index (κ2) is 4.34. The molecule has 2 N–H and O–H groups in total. The Labute approximate surface area is 105 Å². The molecule has 3 nitrogen and oxygen atoms in total. The van der Waals surface area contributed by atoms with Gasteiger partial charge < -0.3 is 10.6 Å². The molecule has 0 aliphatic carbocycles. The molecule has 88 valence electrons. The lowest BCUT2D eigenvalue weighted by atomic mass is 9.86. The van der Waals surface area contributed by atoms with Crippen LogP contribution in [-0.2, 0) is 0 Å². The summed E-state index contributed by atoms with van der Waals surface area (Å²) in [5, 5.41) is 0. The molecular formula is C12H18BrN3. The van der Waals surface area contributed by atoms with E-state index in [0.717, 1.165) is 36.2 Å². The summed E-state index contributed by atoms with van der Waals surface area (Å²) < 4.78 is 1.09. The highest BCUT2D eigenvalue weighted by Crippen LogP contribution is 2.33. The standard InChI is InChI=1S/C12H18BrN3/c1-3-5-12(14)7-16(8-12)11-10(13)9(2)4-6-15-11/h4,6H,3,5,7-8,14H2,1-2H3. The number of nitrogens with two attached hydrogens (primary N) is 1. The van der Waals surface area contributed by atoms with Crippen molar-refractivity contribution in [2.24, 2.45) is 5.73 Å². The van der Waals surface area contributed by atoms with Crippen LogP contribution in [0.4, 0.5) is 5.82 Å². The van der Waals surface area contributed by atoms with Crippen LogP contribution in [0.1, 0.15) is 25.3 Å². The smallest absolute Gasteiger partial charge is 0.143 e. The predicted octanol–water partition coefficient (Wildman–Crippen LogP) is 2.47. The van der Waals surface area contributed by atoms with Crippen molar-refractivity contribution in [3.05, 3.63) is 22.3 Å². The summed E-state index contributed by atoms with van der Waals surface area (Å²) in [4.78, 5) is 6.65. The van der Waals surface area contributed by atoms with Gasteiger partial charge in [0.15, 0.2) is 0 Å². The number of pyridine rings is 1. The number of hydrogen-bond donors (Lipinski definition) is 1. The van der Waals surface area contributed by atoms with E-state index in [1.54, 1.807) is 0 Å². The molecule has 2 heterocycles. The summed E-state index contributed by atoms with van der Waals surface area (Å²) in [5.41, 5.74) is 7.46. The van der Waals surface area contributed by atoms with Gasteiger partial charge in [-0.25, -0.2) is 4.98 Å². The average Bonchev–Trinajstić information content (AvgIpc) is 2.19. The maximum absolute atomic E-state index is 6.24. The molecular weight excluding hydrogens is 266 g/mol. The molecule has 1 aromatic rings. The molecule has 1 aromatic heterocycles. The molecule has 0 radical (unpaired) electrons. The van der Waals surface area contributed by atoms with Gasteiger partial charge >= 0.3 is 0 Å². The van der Waals surface area contributed by atoms with Crippen LogP contribution in [0.15, 0.2) is 16.7 Å². The summed E-state index contributed by atoms with van der Waals surface area (Å²) in [6.07, 6.45) is 4.09. The Hall–Kier alpha value is -0.610. The minimum atomic E-state index is -0.000381. The molecule has 2 rings (SSSR count). The first-order valence-electron chi connectivity index (χ1n) is 5.71. The first-order chi connectivity index (χ1) is 7.56. The van der Waals surface area contributed by atoms with E-state index in [-0.39, 0.29) is 5.54 Å². The van der Waals surface area contributed by atoms with Crippen LogP contribution in [0.3, 0.4) is 0 Å². The predicted molar refractivity (Wildman–Crippen MR) is 70.7 cm³/mol. The van der Waals surface area contributed by atoms with E-state index in [2.05, 4.69) is 39.7 Å². The number of rotatable bonds is 3. The molecule has 16 heavy (non-hydrogen) atoms. The Balaban J connectivity index is 2.09. The van der Waals surface area contributed by atoms with E-state index in [1.807, 2.05) is 12.3 Å². The number of halogens is 1. The SMILES string of the molecule is CCCC1(N)CN(c2nccc(C)c2Br)C1. The van der Waals surface area contributed by atoms with Crippen molar-refractivity contribution < 1.29 is 0 Å². The number of aryl methyl sites for hydroxylation is 1. The third-order valence-corrected chi connectivity index (χ3v) is 4.10. The number of aromatic nitrogens is 1. The molecule has 0 amide bonds. The summed E-state index contributed by atoms with van der Waals surface area (Å²) >= 11 is 3.59. The van der Waals surface area contributed by atoms with Crippen molar-refractivity contribution in [1.82, 2.24) is 4.98 Å². The Kier molecular flexibility index (Phi) is 3.22. The lowest BCUT2D eigenvalue weighted by Crippen LogP contribution is -2.67. The van der Waals surface area contributed by atoms with E-state index in [9.17, 15) is 0 Å². The molecule has 0 aromatic carbocycles. The van der Waals surface area contributed by atoms with Crippen molar-refractivity contribution in [3.8, 4) is 0 Å². The molecule has 0 bridgehead atoms. The van der Waals surface area contributed by atoms with Gasteiger partial charge in [-0.1, -0.05) is 13.3 Å². The summed E-state index contributed by atoms with van der Waals surface area (Å²) in [7, 11) is 0. The molecule has 0 atom stereocenters. The summed E-state index contributed by atoms with van der Waals surface area (Å²) in [6, 6.07) is 2.01. The molecule has 0 saturated carbocycles. The van der Waals surface area contributed by atoms with Crippen LogP contribution >= 0.6 is 15.9 Å². The van der Waals surface area contributed by atoms with E-state index in [1.165, 1.54) is 5.56 Å². The normalized spacial score (nSPS) is 18.4. The van der Waals surface area contributed by atoms with E-state index in [0.29, 0.717) is 0 Å². The maximum atomic E-state index is 6.24. The van der Waals surface area contributed by atoms with Gasteiger partial charge in [0.1, 0.15) is 5.82 Å². The first-order valence-corrected chi connectivity index (χ1v) is 6.50. The third kappa shape index (κ3) is 2.09. The lowest BCUT2D eigenvalue weighted by Gasteiger charge is -2.48. The monoisotopic (exact) mass is 283 g/mol. The first kappa shape index (κ1) is 11.9. The Bertz CT molecular complexity index is 386. The van der Waals surface area contributed by atoms with Crippen molar-refractivity contribution in [3.63, 3.8) is 0 Å². The van der Waals surface area contributed by atoms with Crippen molar-refractivity contribution in [2.75, 3.05) is 18.0 Å². The highest BCUT2D eigenvalue weighted by molar-refractivity contribution is 9.10. The van der Waals surface area contributed by atoms with Crippen LogP contribution < -0.4 is 10.6 Å². The fourth-order valence-corrected chi connectivity index (χ4v) is 2.75. The lowest BCUT2D eigenvalue weighted by molar-refractivity contribution is 0.305. The molecule has 0 spiro atoms. The average molecular weight is 284 g/mol. The quantitative estimate of drug-likeness (QED) is 0.927. The summed E-state index contributed by atoms with van der Waals surface area (Å²) in [6.45, 7) is 6.08. The zero-order valence-electron chi connectivity index (χ0n) is 9.83. The van der Waals surface area contributed by atoms with Crippen LogP contribution in [0.5, 0.6) is 0 Å². The van der Waals surface area contributed by atoms with Crippen LogP contribution in [0.2, 0.25) is 0 Å². The van der Waals surface area contributed by atoms with Gasteiger partial charge in [0, 0.05) is 19.3 Å². The van der Waals surface area contributed by atoms with Crippen molar-refractivity contribution in [2.45, 2.75) is 32.2 Å². The van der Waals surface area contributed by atoms with Crippen LogP contribution in [0.25, 0.3) is 0 Å². The molecule has 4 heteroatoms. The molecule has 1 aliphatic rings. The molecule has 1 saturated heterocycles. The Morgan fingerprint density at radius 2 is 2.25 bits per heavy atom. The topological polar surface area (TPSA) is 42.1 Å². The number of nitrogens with zero attached hydrogens (tertiary/aromatic N) is 2. The number of hydrogen-bond acceptors (Lipinski definition) is 3. The van der Waals surface area contributed by atoms with Crippen LogP contribution in [0, 0.1) is 6.92 Å². The van der Waals surface area contributed by atoms with Gasteiger partial charge in [-0.2, -0.15) is 0 Å². The molecule has 1 fully saturated rings. The number of anilines is 1. The zero-order valence-corrected chi connectivity index (χ0v) is 11.4. The van der Waals surface area contributed by atoms with Crippen molar-refractivity contribution >= 4 is 21.7 Å². The second-order valence-corrected chi connectivity index (χ2v) is 5.53. The van der Waals surface area contributed by atoms with Gasteiger partial charge in [-0.05, 0) is 40.9 Å². The van der Waals surface area contributed by atoms with Gasteiger partial charge in [0.05, 0.1) is 10.0 Å². The van der Waals surface area contributed by atoms with E-state index < -0.39 is 0 Å². The minimum absolute atomic E-state index is 0.000381. The third-order valence-electron chi connectivity index (χ3n) is 3.12. The highest BCUT2D eigenvalue weighted by Gasteiger charge is 2.39. The zero-order chi connectivity index (χ0) is 11.8. The molecule has 1 aliphatic heterocycles. The second-order valence-electron chi connectivity index (χ2n) is 4.73. The maximum Gasteiger partial charge on any atom is 0.143 e. The Morgan fingerprint density at radius 3 is 2.88 bits per heavy atom. The van der Waals surface area contributed by atoms with Gasteiger partial charge in [0.2, 0.25) is 0 Å². The van der Waals surface area contributed by atoms with Crippen molar-refractivity contribution in [1.29, 1.82) is 0 Å². The van der Waals surface area contributed by atoms with E-state index in [4.69, 9.17) is 5.73 Å².